The van der Waals surface area contributed by atoms with E-state index in [4.69, 9.17) is 0 Å². The maximum Gasteiger partial charge on any atom is 0.247 e. The molecule has 19 heavy (non-hydrogen) atoms. The lowest BCUT2D eigenvalue weighted by molar-refractivity contribution is -0.111. The molecule has 0 unspecified atom stereocenters. The number of hydrogen-bond donors (Lipinski definition) is 1. The first-order chi connectivity index (χ1) is 8.95. The van der Waals surface area contributed by atoms with Crippen LogP contribution in [0.4, 0.5) is 5.69 Å². The summed E-state index contributed by atoms with van der Waals surface area (Å²) in [5.41, 5.74) is 2.08. The zero-order valence-electron chi connectivity index (χ0n) is 12.4. The van der Waals surface area contributed by atoms with E-state index >= 15 is 0 Å². The largest absolute Gasteiger partial charge is 0.322 e. The second-order valence-corrected chi connectivity index (χ2v) is 4.26. The lowest BCUT2D eigenvalue weighted by Gasteiger charge is -2.12. The lowest BCUT2D eigenvalue weighted by Crippen LogP contribution is -2.15. The standard InChI is InChI=1S/C14H17NO2.C2H6/c1-5-13(16)15-12-7-6-10(4)8-11(12)14(17)9(2)3;1-2/h5-9H,1H2,2-4H3,(H,15,16);1-2H3. The topological polar surface area (TPSA) is 46.2 Å². The first-order valence-corrected chi connectivity index (χ1v) is 6.54. The molecule has 0 spiro atoms. The predicted octanol–water partition coefficient (Wildman–Crippen LogP) is 3.98. The molecule has 0 aromatic heterocycles. The van der Waals surface area contributed by atoms with Gasteiger partial charge in [0.05, 0.1) is 5.69 Å². The molecule has 0 aliphatic rings. The van der Waals surface area contributed by atoms with Gasteiger partial charge in [0.1, 0.15) is 0 Å². The van der Waals surface area contributed by atoms with Crippen LogP contribution < -0.4 is 5.32 Å². The Balaban J connectivity index is 0.00000154. The van der Waals surface area contributed by atoms with Crippen LogP contribution in [0.25, 0.3) is 0 Å². The molecule has 0 aliphatic carbocycles. The van der Waals surface area contributed by atoms with E-state index in [2.05, 4.69) is 11.9 Å². The fourth-order valence-corrected chi connectivity index (χ4v) is 1.47. The van der Waals surface area contributed by atoms with E-state index < -0.39 is 0 Å². The molecule has 0 saturated carbocycles. The number of carbonyl (C=O) groups excluding carboxylic acids is 2. The number of nitrogens with one attached hydrogen (secondary N) is 1. The third-order valence-corrected chi connectivity index (χ3v) is 2.41. The number of carbonyl (C=O) groups is 2. The summed E-state index contributed by atoms with van der Waals surface area (Å²) in [4.78, 5) is 23.3. The zero-order chi connectivity index (χ0) is 15.0. The van der Waals surface area contributed by atoms with Crippen LogP contribution in [0.3, 0.4) is 0 Å². The normalized spacial score (nSPS) is 9.37. The quantitative estimate of drug-likeness (QED) is 0.658. The van der Waals surface area contributed by atoms with Gasteiger partial charge in [0, 0.05) is 11.5 Å². The molecule has 1 rings (SSSR count). The molecule has 0 saturated heterocycles. The van der Waals surface area contributed by atoms with E-state index in [1.807, 2.05) is 40.7 Å². The fraction of sp³-hybridized carbons (Fsp3) is 0.375. The van der Waals surface area contributed by atoms with Crippen LogP contribution in [-0.2, 0) is 4.79 Å². The highest BCUT2D eigenvalue weighted by molar-refractivity contribution is 6.07. The number of amides is 1. The van der Waals surface area contributed by atoms with Crippen molar-refractivity contribution >= 4 is 17.4 Å². The molecular formula is C16H23NO2. The fourth-order valence-electron chi connectivity index (χ4n) is 1.47. The van der Waals surface area contributed by atoms with Crippen LogP contribution in [0.5, 0.6) is 0 Å². The van der Waals surface area contributed by atoms with E-state index in [-0.39, 0.29) is 17.6 Å². The lowest BCUT2D eigenvalue weighted by atomic mass is 9.98. The van der Waals surface area contributed by atoms with Crippen LogP contribution in [0.1, 0.15) is 43.6 Å². The maximum atomic E-state index is 12.0. The Kier molecular flexibility index (Phi) is 7.42. The van der Waals surface area contributed by atoms with Crippen molar-refractivity contribution in [3.8, 4) is 0 Å². The Labute approximate surface area is 115 Å². The molecule has 104 valence electrons. The van der Waals surface area contributed by atoms with E-state index in [1.165, 1.54) is 6.08 Å². The molecule has 0 atom stereocenters. The summed E-state index contributed by atoms with van der Waals surface area (Å²) < 4.78 is 0. The van der Waals surface area contributed by atoms with E-state index in [9.17, 15) is 9.59 Å². The average Bonchev–Trinajstić information content (AvgIpc) is 2.41. The smallest absolute Gasteiger partial charge is 0.247 e. The number of anilines is 1. The third kappa shape index (κ3) is 5.08. The highest BCUT2D eigenvalue weighted by atomic mass is 16.1. The summed E-state index contributed by atoms with van der Waals surface area (Å²) in [6.45, 7) is 13.0. The van der Waals surface area contributed by atoms with Crippen LogP contribution in [0.15, 0.2) is 30.9 Å². The number of ketones is 1. The summed E-state index contributed by atoms with van der Waals surface area (Å²) in [6, 6.07) is 5.39. The summed E-state index contributed by atoms with van der Waals surface area (Å²) in [7, 11) is 0. The number of benzene rings is 1. The molecule has 3 heteroatoms. The van der Waals surface area contributed by atoms with Gasteiger partial charge in [-0.05, 0) is 25.1 Å². The highest BCUT2D eigenvalue weighted by Gasteiger charge is 2.15. The minimum Gasteiger partial charge on any atom is -0.322 e. The first-order valence-electron chi connectivity index (χ1n) is 6.54. The van der Waals surface area contributed by atoms with Gasteiger partial charge >= 0.3 is 0 Å². The average molecular weight is 261 g/mol. The number of rotatable bonds is 4. The van der Waals surface area contributed by atoms with Crippen molar-refractivity contribution < 1.29 is 9.59 Å². The maximum absolute atomic E-state index is 12.0. The highest BCUT2D eigenvalue weighted by Crippen LogP contribution is 2.21. The van der Waals surface area contributed by atoms with Gasteiger partial charge in [-0.3, -0.25) is 9.59 Å². The molecule has 1 aromatic carbocycles. The predicted molar refractivity (Wildman–Crippen MR) is 80.5 cm³/mol. The van der Waals surface area contributed by atoms with Gasteiger partial charge < -0.3 is 5.32 Å². The van der Waals surface area contributed by atoms with Gasteiger partial charge in [-0.2, -0.15) is 0 Å². The van der Waals surface area contributed by atoms with Crippen molar-refractivity contribution in [3.63, 3.8) is 0 Å². The van der Waals surface area contributed by atoms with Gasteiger partial charge in [-0.1, -0.05) is 45.9 Å². The van der Waals surface area contributed by atoms with Crippen molar-refractivity contribution in [2.75, 3.05) is 5.32 Å². The zero-order valence-corrected chi connectivity index (χ0v) is 12.4. The minimum atomic E-state index is -0.313. The molecule has 0 bridgehead atoms. The van der Waals surface area contributed by atoms with Gasteiger partial charge in [0.15, 0.2) is 5.78 Å². The molecule has 1 amide bonds. The van der Waals surface area contributed by atoms with Crippen molar-refractivity contribution in [2.45, 2.75) is 34.6 Å². The molecule has 3 nitrogen and oxygen atoms in total. The Morgan fingerprint density at radius 3 is 2.32 bits per heavy atom. The second kappa shape index (κ2) is 8.25. The Bertz CT molecular complexity index is 462. The Morgan fingerprint density at radius 1 is 1.26 bits per heavy atom. The van der Waals surface area contributed by atoms with Crippen molar-refractivity contribution in [2.24, 2.45) is 5.92 Å². The Hall–Kier alpha value is -1.90. The summed E-state index contributed by atoms with van der Waals surface area (Å²) in [5, 5.41) is 2.65. The van der Waals surface area contributed by atoms with E-state index in [0.717, 1.165) is 5.56 Å². The molecule has 1 aromatic rings. The van der Waals surface area contributed by atoms with Crippen molar-refractivity contribution in [1.82, 2.24) is 0 Å². The van der Waals surface area contributed by atoms with Gasteiger partial charge in [0.2, 0.25) is 5.91 Å². The van der Waals surface area contributed by atoms with Crippen LogP contribution >= 0.6 is 0 Å². The van der Waals surface area contributed by atoms with Crippen molar-refractivity contribution in [3.05, 3.63) is 42.0 Å². The Morgan fingerprint density at radius 2 is 1.84 bits per heavy atom. The van der Waals surface area contributed by atoms with Crippen LogP contribution in [0.2, 0.25) is 0 Å². The summed E-state index contributed by atoms with van der Waals surface area (Å²) in [6.07, 6.45) is 1.18. The SMILES string of the molecule is C=CC(=O)Nc1ccc(C)cc1C(=O)C(C)C.CC. The molecule has 0 aliphatic heterocycles. The molecule has 0 radical (unpaired) electrons. The van der Waals surface area contributed by atoms with E-state index in [0.29, 0.717) is 11.3 Å². The minimum absolute atomic E-state index is 0.0214. The van der Waals surface area contributed by atoms with E-state index in [1.54, 1.807) is 12.1 Å². The van der Waals surface area contributed by atoms with Gasteiger partial charge in [-0.25, -0.2) is 0 Å². The van der Waals surface area contributed by atoms with Crippen molar-refractivity contribution in [1.29, 1.82) is 0 Å². The van der Waals surface area contributed by atoms with Crippen LogP contribution in [0, 0.1) is 12.8 Å². The molecule has 0 heterocycles. The van der Waals surface area contributed by atoms with Crippen LogP contribution in [-0.4, -0.2) is 11.7 Å². The number of hydrogen-bond acceptors (Lipinski definition) is 2. The monoisotopic (exact) mass is 261 g/mol. The summed E-state index contributed by atoms with van der Waals surface area (Å²) >= 11 is 0. The molecular weight excluding hydrogens is 238 g/mol. The molecule has 1 N–H and O–H groups in total. The first kappa shape index (κ1) is 17.1. The number of aryl methyl sites for hydroxylation is 1. The molecule has 0 fully saturated rings. The summed E-state index contributed by atoms with van der Waals surface area (Å²) in [5.74, 6) is -0.393. The number of Topliss-reactive ketones (excluding diaryl/α,β-unsaturated/α-hetero) is 1. The third-order valence-electron chi connectivity index (χ3n) is 2.41. The van der Waals surface area contributed by atoms with Gasteiger partial charge in [0.25, 0.3) is 0 Å². The second-order valence-electron chi connectivity index (χ2n) is 4.26. The van der Waals surface area contributed by atoms with Gasteiger partial charge in [-0.15, -0.1) is 0 Å².